The molecule has 1 aromatic carbocycles. The van der Waals surface area contributed by atoms with Crippen molar-refractivity contribution in [3.8, 4) is 0 Å². The van der Waals surface area contributed by atoms with E-state index in [4.69, 9.17) is 4.74 Å². The molecule has 1 unspecified atom stereocenters. The summed E-state index contributed by atoms with van der Waals surface area (Å²) in [5.74, 6) is 0.0885. The molecule has 0 saturated heterocycles. The van der Waals surface area contributed by atoms with Crippen molar-refractivity contribution in [3.05, 3.63) is 35.9 Å². The molecule has 0 spiro atoms. The fourth-order valence-corrected chi connectivity index (χ4v) is 1.72. The van der Waals surface area contributed by atoms with E-state index in [9.17, 15) is 4.79 Å². The molecular weight excluding hydrogens is 214 g/mol. The van der Waals surface area contributed by atoms with Gasteiger partial charge in [-0.2, -0.15) is 0 Å². The molecule has 0 heterocycles. The third kappa shape index (κ3) is 3.07. The Bertz CT molecular complexity index is 373. The SMILES string of the molecule is CCN(C)C(OC(=O)C1CC1)c1ccccc1. The van der Waals surface area contributed by atoms with Gasteiger partial charge >= 0.3 is 5.97 Å². The Morgan fingerprint density at radius 3 is 2.59 bits per heavy atom. The Hall–Kier alpha value is -1.35. The summed E-state index contributed by atoms with van der Waals surface area (Å²) < 4.78 is 5.60. The number of hydrogen-bond acceptors (Lipinski definition) is 3. The van der Waals surface area contributed by atoms with Crippen LogP contribution in [0.15, 0.2) is 30.3 Å². The zero-order valence-electron chi connectivity index (χ0n) is 10.4. The van der Waals surface area contributed by atoms with Crippen molar-refractivity contribution in [1.82, 2.24) is 4.90 Å². The average Bonchev–Trinajstić information content (AvgIpc) is 3.20. The standard InChI is InChI=1S/C14H19NO2/c1-3-15(2)13(11-7-5-4-6-8-11)17-14(16)12-9-10-12/h4-8,12-13H,3,9-10H2,1-2H3. The maximum absolute atomic E-state index is 11.8. The van der Waals surface area contributed by atoms with E-state index in [0.717, 1.165) is 24.9 Å². The van der Waals surface area contributed by atoms with Gasteiger partial charge in [-0.1, -0.05) is 37.3 Å². The molecule has 3 heteroatoms. The second-order valence-electron chi connectivity index (χ2n) is 4.55. The Morgan fingerprint density at radius 2 is 2.06 bits per heavy atom. The molecule has 0 amide bonds. The summed E-state index contributed by atoms with van der Waals surface area (Å²) in [7, 11) is 1.97. The fourth-order valence-electron chi connectivity index (χ4n) is 1.72. The van der Waals surface area contributed by atoms with Crippen LogP contribution in [0.25, 0.3) is 0 Å². The van der Waals surface area contributed by atoms with Crippen molar-refractivity contribution in [2.75, 3.05) is 13.6 Å². The normalized spacial score (nSPS) is 16.9. The topological polar surface area (TPSA) is 29.5 Å². The van der Waals surface area contributed by atoms with Gasteiger partial charge in [0.25, 0.3) is 0 Å². The Morgan fingerprint density at radius 1 is 1.41 bits per heavy atom. The fraction of sp³-hybridized carbons (Fsp3) is 0.500. The van der Waals surface area contributed by atoms with Gasteiger partial charge in [0.1, 0.15) is 0 Å². The van der Waals surface area contributed by atoms with Crippen molar-refractivity contribution in [2.24, 2.45) is 5.92 Å². The molecule has 1 aliphatic carbocycles. The van der Waals surface area contributed by atoms with Gasteiger partial charge in [0.05, 0.1) is 5.92 Å². The highest BCUT2D eigenvalue weighted by Crippen LogP contribution is 2.33. The van der Waals surface area contributed by atoms with Gasteiger partial charge in [0, 0.05) is 5.56 Å². The van der Waals surface area contributed by atoms with Crippen LogP contribution < -0.4 is 0 Å². The number of esters is 1. The van der Waals surface area contributed by atoms with Crippen LogP contribution in [-0.2, 0) is 9.53 Å². The maximum atomic E-state index is 11.8. The van der Waals surface area contributed by atoms with E-state index in [0.29, 0.717) is 0 Å². The van der Waals surface area contributed by atoms with E-state index >= 15 is 0 Å². The summed E-state index contributed by atoms with van der Waals surface area (Å²) in [6.45, 7) is 2.90. The first-order valence-electron chi connectivity index (χ1n) is 6.18. The van der Waals surface area contributed by atoms with Gasteiger partial charge in [-0.15, -0.1) is 0 Å². The molecule has 17 heavy (non-hydrogen) atoms. The number of carbonyl (C=O) groups is 1. The minimum Gasteiger partial charge on any atom is -0.442 e. The Balaban J connectivity index is 2.10. The first-order valence-corrected chi connectivity index (χ1v) is 6.18. The maximum Gasteiger partial charge on any atom is 0.310 e. The smallest absolute Gasteiger partial charge is 0.310 e. The van der Waals surface area contributed by atoms with Crippen molar-refractivity contribution in [1.29, 1.82) is 0 Å². The molecule has 1 aliphatic rings. The minimum atomic E-state index is -0.255. The molecule has 92 valence electrons. The van der Waals surface area contributed by atoms with Crippen LogP contribution in [0.4, 0.5) is 0 Å². The predicted molar refractivity (Wildman–Crippen MR) is 66.3 cm³/mol. The molecule has 1 saturated carbocycles. The van der Waals surface area contributed by atoms with E-state index in [-0.39, 0.29) is 18.1 Å². The largest absolute Gasteiger partial charge is 0.442 e. The zero-order valence-corrected chi connectivity index (χ0v) is 10.4. The molecule has 0 radical (unpaired) electrons. The monoisotopic (exact) mass is 233 g/mol. The lowest BCUT2D eigenvalue weighted by molar-refractivity contribution is -0.160. The molecule has 2 rings (SSSR count). The quantitative estimate of drug-likeness (QED) is 0.578. The van der Waals surface area contributed by atoms with Crippen LogP contribution in [0.2, 0.25) is 0 Å². The summed E-state index contributed by atoms with van der Waals surface area (Å²) >= 11 is 0. The molecule has 0 aliphatic heterocycles. The van der Waals surface area contributed by atoms with Gasteiger partial charge < -0.3 is 4.74 Å². The average molecular weight is 233 g/mol. The molecule has 0 bridgehead atoms. The zero-order chi connectivity index (χ0) is 12.3. The van der Waals surface area contributed by atoms with Gasteiger partial charge in [-0.3, -0.25) is 9.69 Å². The summed E-state index contributed by atoms with van der Waals surface area (Å²) in [4.78, 5) is 13.8. The first-order chi connectivity index (χ1) is 8.22. The van der Waals surface area contributed by atoms with Crippen LogP contribution in [0, 0.1) is 5.92 Å². The van der Waals surface area contributed by atoms with Crippen LogP contribution >= 0.6 is 0 Å². The second-order valence-corrected chi connectivity index (χ2v) is 4.55. The predicted octanol–water partition coefficient (Wildman–Crippen LogP) is 2.59. The summed E-state index contributed by atoms with van der Waals surface area (Å²) in [5.41, 5.74) is 1.03. The lowest BCUT2D eigenvalue weighted by Crippen LogP contribution is -2.29. The summed E-state index contributed by atoms with van der Waals surface area (Å²) in [5, 5.41) is 0. The first kappa shape index (κ1) is 12.1. The molecule has 1 fully saturated rings. The van der Waals surface area contributed by atoms with E-state index in [1.54, 1.807) is 0 Å². The molecule has 3 nitrogen and oxygen atoms in total. The van der Waals surface area contributed by atoms with E-state index < -0.39 is 0 Å². The Kier molecular flexibility index (Phi) is 3.79. The number of hydrogen-bond donors (Lipinski definition) is 0. The molecule has 1 aromatic rings. The van der Waals surface area contributed by atoms with Crippen molar-refractivity contribution >= 4 is 5.97 Å². The highest BCUT2D eigenvalue weighted by Gasteiger charge is 2.33. The number of benzene rings is 1. The third-order valence-corrected chi connectivity index (χ3v) is 3.12. The highest BCUT2D eigenvalue weighted by molar-refractivity contribution is 5.75. The van der Waals surface area contributed by atoms with Crippen molar-refractivity contribution < 1.29 is 9.53 Å². The lowest BCUT2D eigenvalue weighted by atomic mass is 10.2. The molecule has 1 atom stereocenters. The van der Waals surface area contributed by atoms with E-state index in [1.165, 1.54) is 0 Å². The molecule has 0 N–H and O–H groups in total. The lowest BCUT2D eigenvalue weighted by Gasteiger charge is -2.27. The number of carbonyl (C=O) groups excluding carboxylic acids is 1. The second kappa shape index (κ2) is 5.32. The van der Waals surface area contributed by atoms with Crippen molar-refractivity contribution in [2.45, 2.75) is 26.0 Å². The van der Waals surface area contributed by atoms with Crippen molar-refractivity contribution in [3.63, 3.8) is 0 Å². The molecule has 0 aromatic heterocycles. The van der Waals surface area contributed by atoms with Gasteiger partial charge in [0.2, 0.25) is 0 Å². The number of nitrogens with zero attached hydrogens (tertiary/aromatic N) is 1. The van der Waals surface area contributed by atoms with Gasteiger partial charge in [-0.05, 0) is 26.4 Å². The van der Waals surface area contributed by atoms with Crippen LogP contribution in [0.5, 0.6) is 0 Å². The number of rotatable bonds is 5. The molecular formula is C14H19NO2. The minimum absolute atomic E-state index is 0.0563. The van der Waals surface area contributed by atoms with E-state index in [1.807, 2.05) is 42.3 Å². The summed E-state index contributed by atoms with van der Waals surface area (Å²) in [6, 6.07) is 9.90. The van der Waals surface area contributed by atoms with Crippen LogP contribution in [-0.4, -0.2) is 24.5 Å². The Labute approximate surface area is 102 Å². The van der Waals surface area contributed by atoms with Crippen LogP contribution in [0.3, 0.4) is 0 Å². The van der Waals surface area contributed by atoms with E-state index in [2.05, 4.69) is 6.92 Å². The van der Waals surface area contributed by atoms with Crippen LogP contribution in [0.1, 0.15) is 31.6 Å². The summed E-state index contributed by atoms with van der Waals surface area (Å²) in [6.07, 6.45) is 1.71. The third-order valence-electron chi connectivity index (χ3n) is 3.12. The number of ether oxygens (including phenoxy) is 1. The highest BCUT2D eigenvalue weighted by atomic mass is 16.6. The van der Waals surface area contributed by atoms with Gasteiger partial charge in [-0.25, -0.2) is 0 Å². The van der Waals surface area contributed by atoms with Gasteiger partial charge in [0.15, 0.2) is 6.23 Å².